The van der Waals surface area contributed by atoms with Gasteiger partial charge in [0.25, 0.3) is 5.91 Å². The number of nitrogens with zero attached hydrogens (tertiary/aromatic N) is 2. The van der Waals surface area contributed by atoms with Gasteiger partial charge in [-0.15, -0.1) is 0 Å². The van der Waals surface area contributed by atoms with Crippen molar-refractivity contribution in [3.8, 4) is 11.5 Å². The van der Waals surface area contributed by atoms with E-state index in [2.05, 4.69) is 17.0 Å². The first-order chi connectivity index (χ1) is 15.6. The van der Waals surface area contributed by atoms with Gasteiger partial charge in [0, 0.05) is 43.0 Å². The quantitative estimate of drug-likeness (QED) is 0.469. The molecule has 0 atom stereocenters. The molecule has 4 rings (SSSR count). The van der Waals surface area contributed by atoms with Crippen LogP contribution in [0.3, 0.4) is 0 Å². The monoisotopic (exact) mass is 470 g/mol. The molecule has 3 aromatic rings. The van der Waals surface area contributed by atoms with E-state index in [4.69, 9.17) is 32.7 Å². The lowest BCUT2D eigenvalue weighted by Crippen LogP contribution is -2.50. The van der Waals surface area contributed by atoms with Gasteiger partial charge in [0.05, 0.1) is 5.02 Å². The zero-order valence-electron chi connectivity index (χ0n) is 17.5. The molecule has 0 aliphatic carbocycles. The van der Waals surface area contributed by atoms with E-state index >= 15 is 0 Å². The van der Waals surface area contributed by atoms with Crippen molar-refractivity contribution in [2.75, 3.05) is 37.7 Å². The highest BCUT2D eigenvalue weighted by Crippen LogP contribution is 2.28. The van der Waals surface area contributed by atoms with Gasteiger partial charge in [-0.25, -0.2) is 0 Å². The Labute approximate surface area is 198 Å². The number of anilines is 1. The van der Waals surface area contributed by atoms with Crippen LogP contribution in [-0.4, -0.2) is 43.6 Å². The molecule has 0 unspecified atom stereocenters. The summed E-state index contributed by atoms with van der Waals surface area (Å²) in [4.78, 5) is 16.6. The highest BCUT2D eigenvalue weighted by molar-refractivity contribution is 6.34. The Morgan fingerprint density at radius 3 is 2.28 bits per heavy atom. The normalized spacial score (nSPS) is 13.7. The number of benzene rings is 3. The van der Waals surface area contributed by atoms with Gasteiger partial charge in [-0.2, -0.15) is 0 Å². The largest absolute Gasteiger partial charge is 0.489 e. The summed E-state index contributed by atoms with van der Waals surface area (Å²) in [5.74, 6) is 1.19. The lowest BCUT2D eigenvalue weighted by atomic mass is 10.2. The van der Waals surface area contributed by atoms with E-state index in [0.717, 1.165) is 30.1 Å². The topological polar surface area (TPSA) is 42.0 Å². The zero-order chi connectivity index (χ0) is 22.3. The van der Waals surface area contributed by atoms with Crippen molar-refractivity contribution in [2.24, 2.45) is 0 Å². The molecular weight excluding hydrogens is 447 g/mol. The van der Waals surface area contributed by atoms with Crippen molar-refractivity contribution >= 4 is 34.8 Å². The molecule has 3 aromatic carbocycles. The number of amides is 1. The molecule has 1 amide bonds. The minimum Gasteiger partial charge on any atom is -0.489 e. The zero-order valence-corrected chi connectivity index (χ0v) is 19.1. The molecule has 0 spiro atoms. The van der Waals surface area contributed by atoms with Crippen LogP contribution >= 0.6 is 23.2 Å². The first-order valence-corrected chi connectivity index (χ1v) is 11.2. The lowest BCUT2D eigenvalue weighted by Gasteiger charge is -2.36. The van der Waals surface area contributed by atoms with Crippen molar-refractivity contribution in [1.29, 1.82) is 0 Å². The van der Waals surface area contributed by atoms with Gasteiger partial charge in [-0.3, -0.25) is 4.79 Å². The van der Waals surface area contributed by atoms with E-state index in [0.29, 0.717) is 35.5 Å². The van der Waals surface area contributed by atoms with Crippen LogP contribution in [-0.2, 0) is 11.4 Å². The molecule has 166 valence electrons. The highest BCUT2D eigenvalue weighted by Gasteiger charge is 2.22. The maximum absolute atomic E-state index is 12.5. The Morgan fingerprint density at radius 1 is 0.844 bits per heavy atom. The van der Waals surface area contributed by atoms with Crippen LogP contribution in [0.1, 0.15) is 5.56 Å². The average Bonchev–Trinajstić information content (AvgIpc) is 2.84. The van der Waals surface area contributed by atoms with Crippen molar-refractivity contribution in [2.45, 2.75) is 6.61 Å². The molecule has 0 radical (unpaired) electrons. The second-order valence-electron chi connectivity index (χ2n) is 7.50. The molecule has 0 N–H and O–H groups in total. The van der Waals surface area contributed by atoms with Gasteiger partial charge in [0.15, 0.2) is 6.61 Å². The fourth-order valence-corrected chi connectivity index (χ4v) is 3.86. The number of rotatable bonds is 7. The smallest absolute Gasteiger partial charge is 0.260 e. The second kappa shape index (κ2) is 10.6. The van der Waals surface area contributed by atoms with Crippen molar-refractivity contribution in [3.05, 3.63) is 88.4 Å². The van der Waals surface area contributed by atoms with Gasteiger partial charge in [-0.1, -0.05) is 53.5 Å². The second-order valence-corrected chi connectivity index (χ2v) is 8.34. The summed E-state index contributed by atoms with van der Waals surface area (Å²) in [5.41, 5.74) is 2.25. The van der Waals surface area contributed by atoms with Gasteiger partial charge < -0.3 is 19.3 Å². The van der Waals surface area contributed by atoms with E-state index < -0.39 is 0 Å². The van der Waals surface area contributed by atoms with Gasteiger partial charge in [-0.05, 0) is 42.0 Å². The third-order valence-corrected chi connectivity index (χ3v) is 5.87. The molecule has 1 heterocycles. The highest BCUT2D eigenvalue weighted by atomic mass is 35.5. The molecule has 5 nitrogen and oxygen atoms in total. The average molecular weight is 471 g/mol. The molecule has 1 aliphatic rings. The van der Waals surface area contributed by atoms with Crippen LogP contribution < -0.4 is 14.4 Å². The summed E-state index contributed by atoms with van der Waals surface area (Å²) in [6, 6.07) is 23.1. The standard InChI is InChI=1S/C25H24Cl2N2O3/c26-20-6-11-23(27)24(16-20)32-18-25(30)29-14-12-28(13-15-29)21-7-9-22(10-8-21)31-17-19-4-2-1-3-5-19/h1-11,16H,12-15,17-18H2. The molecule has 1 fully saturated rings. The van der Waals surface area contributed by atoms with Crippen LogP contribution in [0.15, 0.2) is 72.8 Å². The van der Waals surface area contributed by atoms with Crippen LogP contribution in [0.25, 0.3) is 0 Å². The van der Waals surface area contributed by atoms with Gasteiger partial charge in [0.1, 0.15) is 18.1 Å². The lowest BCUT2D eigenvalue weighted by molar-refractivity contribution is -0.133. The Kier molecular flexibility index (Phi) is 7.40. The molecular formula is C25H24Cl2N2O3. The molecule has 32 heavy (non-hydrogen) atoms. The number of piperazine rings is 1. The maximum atomic E-state index is 12.5. The third kappa shape index (κ3) is 5.87. The van der Waals surface area contributed by atoms with E-state index in [1.165, 1.54) is 0 Å². The molecule has 0 bridgehead atoms. The Balaban J connectivity index is 1.24. The summed E-state index contributed by atoms with van der Waals surface area (Å²) in [7, 11) is 0. The summed E-state index contributed by atoms with van der Waals surface area (Å²) in [6.07, 6.45) is 0. The first kappa shape index (κ1) is 22.3. The Morgan fingerprint density at radius 2 is 1.56 bits per heavy atom. The van der Waals surface area contributed by atoms with E-state index in [9.17, 15) is 4.79 Å². The van der Waals surface area contributed by atoms with Crippen molar-refractivity contribution in [3.63, 3.8) is 0 Å². The maximum Gasteiger partial charge on any atom is 0.260 e. The van der Waals surface area contributed by atoms with Crippen molar-refractivity contribution < 1.29 is 14.3 Å². The molecule has 7 heteroatoms. The fourth-order valence-electron chi connectivity index (χ4n) is 3.53. The number of ether oxygens (including phenoxy) is 2. The molecule has 1 aliphatic heterocycles. The third-order valence-electron chi connectivity index (χ3n) is 5.33. The fraction of sp³-hybridized carbons (Fsp3) is 0.240. The van der Waals surface area contributed by atoms with Crippen LogP contribution in [0.4, 0.5) is 5.69 Å². The summed E-state index contributed by atoms with van der Waals surface area (Å²) in [5, 5.41) is 0.949. The Hall–Kier alpha value is -2.89. The molecule has 1 saturated heterocycles. The van der Waals surface area contributed by atoms with Crippen molar-refractivity contribution in [1.82, 2.24) is 4.90 Å². The first-order valence-electron chi connectivity index (χ1n) is 10.5. The predicted octanol–water partition coefficient (Wildman–Crippen LogP) is 5.30. The van der Waals surface area contributed by atoms with Gasteiger partial charge in [0.2, 0.25) is 0 Å². The minimum atomic E-state index is -0.0645. The predicted molar refractivity (Wildman–Crippen MR) is 128 cm³/mol. The molecule has 0 aromatic heterocycles. The van der Waals surface area contributed by atoms with Crippen LogP contribution in [0, 0.1) is 0 Å². The van der Waals surface area contributed by atoms with E-state index in [-0.39, 0.29) is 12.5 Å². The Bertz CT molecular complexity index is 1040. The van der Waals surface area contributed by atoms with E-state index in [1.807, 2.05) is 47.4 Å². The summed E-state index contributed by atoms with van der Waals surface area (Å²) >= 11 is 12.1. The number of hydrogen-bond donors (Lipinski definition) is 0. The summed E-state index contributed by atoms with van der Waals surface area (Å²) < 4.78 is 11.4. The van der Waals surface area contributed by atoms with Crippen LogP contribution in [0.5, 0.6) is 11.5 Å². The van der Waals surface area contributed by atoms with Gasteiger partial charge >= 0.3 is 0 Å². The number of carbonyl (C=O) groups is 1. The van der Waals surface area contributed by atoms with E-state index in [1.54, 1.807) is 18.2 Å². The number of carbonyl (C=O) groups excluding carboxylic acids is 1. The van der Waals surface area contributed by atoms with Crippen LogP contribution in [0.2, 0.25) is 10.0 Å². The minimum absolute atomic E-state index is 0.0620. The summed E-state index contributed by atoms with van der Waals surface area (Å²) in [6.45, 7) is 3.27. The molecule has 0 saturated carbocycles. The number of halogens is 2. The number of hydrogen-bond acceptors (Lipinski definition) is 4. The SMILES string of the molecule is O=C(COc1cc(Cl)ccc1Cl)N1CCN(c2ccc(OCc3ccccc3)cc2)CC1.